The lowest BCUT2D eigenvalue weighted by Gasteiger charge is -2.29. The summed E-state index contributed by atoms with van der Waals surface area (Å²) in [5, 5.41) is 1.00. The molecule has 0 bridgehead atoms. The molecule has 2 aliphatic heterocycles. The van der Waals surface area contributed by atoms with Gasteiger partial charge in [0.05, 0.1) is 5.52 Å². The van der Waals surface area contributed by atoms with Gasteiger partial charge in [-0.15, -0.1) is 0 Å². The van der Waals surface area contributed by atoms with Gasteiger partial charge < -0.3 is 9.80 Å². The second-order valence-electron chi connectivity index (χ2n) is 6.83. The Morgan fingerprint density at radius 3 is 2.33 bits per heavy atom. The average molecular weight is 324 g/mol. The SMILES string of the molecule is O=C(c1ccc2ncnc(N3CCCCC3)c2c1)N1CCCCC1. The maximum Gasteiger partial charge on any atom is 0.253 e. The van der Waals surface area contributed by atoms with Crippen molar-refractivity contribution in [3.8, 4) is 0 Å². The lowest BCUT2D eigenvalue weighted by molar-refractivity contribution is 0.0724. The van der Waals surface area contributed by atoms with Crippen LogP contribution in [0.1, 0.15) is 48.9 Å². The predicted molar refractivity (Wildman–Crippen MR) is 95.4 cm³/mol. The zero-order chi connectivity index (χ0) is 16.4. The quantitative estimate of drug-likeness (QED) is 0.851. The minimum Gasteiger partial charge on any atom is -0.356 e. The van der Waals surface area contributed by atoms with E-state index in [1.54, 1.807) is 6.33 Å². The summed E-state index contributed by atoms with van der Waals surface area (Å²) in [4.78, 5) is 26.0. The fraction of sp³-hybridized carbons (Fsp3) is 0.526. The molecule has 0 radical (unpaired) electrons. The van der Waals surface area contributed by atoms with E-state index in [1.807, 2.05) is 23.1 Å². The number of rotatable bonds is 2. The highest BCUT2D eigenvalue weighted by Gasteiger charge is 2.20. The molecule has 2 saturated heterocycles. The van der Waals surface area contributed by atoms with E-state index < -0.39 is 0 Å². The van der Waals surface area contributed by atoms with E-state index in [0.717, 1.165) is 61.3 Å². The summed E-state index contributed by atoms with van der Waals surface area (Å²) in [5.74, 6) is 1.12. The second kappa shape index (κ2) is 6.75. The van der Waals surface area contributed by atoms with Gasteiger partial charge in [0.1, 0.15) is 12.1 Å². The third-order valence-corrected chi connectivity index (χ3v) is 5.16. The molecule has 1 aromatic heterocycles. The van der Waals surface area contributed by atoms with Gasteiger partial charge in [-0.1, -0.05) is 0 Å². The first-order valence-electron chi connectivity index (χ1n) is 9.12. The molecule has 0 saturated carbocycles. The van der Waals surface area contributed by atoms with Crippen LogP contribution in [0.2, 0.25) is 0 Å². The van der Waals surface area contributed by atoms with Gasteiger partial charge in [0, 0.05) is 37.1 Å². The third kappa shape index (κ3) is 2.95. The summed E-state index contributed by atoms with van der Waals surface area (Å²) in [6.07, 6.45) is 8.80. The lowest BCUT2D eigenvalue weighted by atomic mass is 10.1. The van der Waals surface area contributed by atoms with E-state index >= 15 is 0 Å². The predicted octanol–water partition coefficient (Wildman–Crippen LogP) is 3.25. The highest BCUT2D eigenvalue weighted by atomic mass is 16.2. The van der Waals surface area contributed by atoms with Gasteiger partial charge in [-0.25, -0.2) is 9.97 Å². The first-order chi connectivity index (χ1) is 11.8. The van der Waals surface area contributed by atoms with Crippen LogP contribution in [0.5, 0.6) is 0 Å². The number of aromatic nitrogens is 2. The van der Waals surface area contributed by atoms with Crippen LogP contribution in [0.3, 0.4) is 0 Å². The van der Waals surface area contributed by atoms with Crippen molar-refractivity contribution in [1.82, 2.24) is 14.9 Å². The van der Waals surface area contributed by atoms with E-state index in [4.69, 9.17) is 0 Å². The maximum absolute atomic E-state index is 12.8. The molecule has 1 amide bonds. The number of piperidine rings is 2. The summed E-state index contributed by atoms with van der Waals surface area (Å²) in [7, 11) is 0. The van der Waals surface area contributed by atoms with E-state index in [1.165, 1.54) is 25.7 Å². The van der Waals surface area contributed by atoms with E-state index in [0.29, 0.717) is 0 Å². The Kier molecular flexibility index (Phi) is 4.32. The van der Waals surface area contributed by atoms with Crippen molar-refractivity contribution in [2.75, 3.05) is 31.1 Å². The van der Waals surface area contributed by atoms with Gasteiger partial charge in [0.25, 0.3) is 5.91 Å². The molecule has 0 spiro atoms. The van der Waals surface area contributed by atoms with Crippen molar-refractivity contribution in [2.45, 2.75) is 38.5 Å². The standard InChI is InChI=1S/C19H24N4O/c24-19(23-11-5-2-6-12-23)15-7-8-17-16(13-15)18(21-14-20-17)22-9-3-1-4-10-22/h7-8,13-14H,1-6,9-12H2. The molecule has 2 aromatic rings. The maximum atomic E-state index is 12.8. The third-order valence-electron chi connectivity index (χ3n) is 5.16. The molecule has 0 N–H and O–H groups in total. The molecule has 4 rings (SSSR count). The van der Waals surface area contributed by atoms with Gasteiger partial charge in [0.2, 0.25) is 0 Å². The molecule has 2 fully saturated rings. The van der Waals surface area contributed by atoms with E-state index in [-0.39, 0.29) is 5.91 Å². The Morgan fingerprint density at radius 1 is 0.875 bits per heavy atom. The number of carbonyl (C=O) groups excluding carboxylic acids is 1. The molecule has 2 aliphatic rings. The number of hydrogen-bond donors (Lipinski definition) is 0. The zero-order valence-corrected chi connectivity index (χ0v) is 14.1. The molecule has 24 heavy (non-hydrogen) atoms. The molecular weight excluding hydrogens is 300 g/mol. The van der Waals surface area contributed by atoms with Gasteiger partial charge in [-0.2, -0.15) is 0 Å². The van der Waals surface area contributed by atoms with Crippen LogP contribution in [0.4, 0.5) is 5.82 Å². The van der Waals surface area contributed by atoms with Crippen molar-refractivity contribution in [2.24, 2.45) is 0 Å². The number of carbonyl (C=O) groups is 1. The molecular formula is C19H24N4O. The number of anilines is 1. The molecule has 5 nitrogen and oxygen atoms in total. The highest BCUT2D eigenvalue weighted by molar-refractivity contribution is 6.00. The summed E-state index contributed by atoms with van der Waals surface area (Å²) < 4.78 is 0. The van der Waals surface area contributed by atoms with Crippen molar-refractivity contribution in [3.05, 3.63) is 30.1 Å². The van der Waals surface area contributed by atoms with Crippen molar-refractivity contribution in [1.29, 1.82) is 0 Å². The number of nitrogens with zero attached hydrogens (tertiary/aromatic N) is 4. The Balaban J connectivity index is 1.69. The number of hydrogen-bond acceptors (Lipinski definition) is 4. The van der Waals surface area contributed by atoms with Crippen molar-refractivity contribution < 1.29 is 4.79 Å². The van der Waals surface area contributed by atoms with Crippen molar-refractivity contribution in [3.63, 3.8) is 0 Å². The fourth-order valence-corrected chi connectivity index (χ4v) is 3.81. The summed E-state index contributed by atoms with van der Waals surface area (Å²) in [6, 6.07) is 5.87. The molecule has 126 valence electrons. The van der Waals surface area contributed by atoms with Gasteiger partial charge >= 0.3 is 0 Å². The Morgan fingerprint density at radius 2 is 1.58 bits per heavy atom. The monoisotopic (exact) mass is 324 g/mol. The fourth-order valence-electron chi connectivity index (χ4n) is 3.81. The minimum absolute atomic E-state index is 0.144. The second-order valence-corrected chi connectivity index (χ2v) is 6.83. The van der Waals surface area contributed by atoms with Gasteiger partial charge in [0.15, 0.2) is 0 Å². The Bertz CT molecular complexity index is 733. The number of amides is 1. The summed E-state index contributed by atoms with van der Waals surface area (Å²) in [5.41, 5.74) is 1.68. The number of likely N-dealkylation sites (tertiary alicyclic amines) is 1. The average Bonchev–Trinajstić information content (AvgIpc) is 2.68. The number of benzene rings is 1. The first-order valence-corrected chi connectivity index (χ1v) is 9.12. The van der Waals surface area contributed by atoms with Gasteiger partial charge in [-0.05, 0) is 56.7 Å². The van der Waals surface area contributed by atoms with Gasteiger partial charge in [-0.3, -0.25) is 4.79 Å². The minimum atomic E-state index is 0.144. The Hall–Kier alpha value is -2.17. The van der Waals surface area contributed by atoms with Crippen LogP contribution in [-0.4, -0.2) is 47.0 Å². The number of fused-ring (bicyclic) bond motifs is 1. The molecule has 3 heterocycles. The van der Waals surface area contributed by atoms with Crippen LogP contribution in [0.15, 0.2) is 24.5 Å². The van der Waals surface area contributed by atoms with E-state index in [9.17, 15) is 4.79 Å². The van der Waals surface area contributed by atoms with Crippen LogP contribution in [-0.2, 0) is 0 Å². The topological polar surface area (TPSA) is 49.3 Å². The van der Waals surface area contributed by atoms with E-state index in [2.05, 4.69) is 14.9 Å². The normalized spacial score (nSPS) is 18.8. The van der Waals surface area contributed by atoms with Crippen LogP contribution >= 0.6 is 0 Å². The lowest BCUT2D eigenvalue weighted by Crippen LogP contribution is -2.35. The molecule has 0 atom stereocenters. The zero-order valence-electron chi connectivity index (χ0n) is 14.1. The highest BCUT2D eigenvalue weighted by Crippen LogP contribution is 2.27. The smallest absolute Gasteiger partial charge is 0.253 e. The summed E-state index contributed by atoms with van der Waals surface area (Å²) >= 11 is 0. The van der Waals surface area contributed by atoms with Crippen molar-refractivity contribution >= 4 is 22.6 Å². The van der Waals surface area contributed by atoms with Crippen LogP contribution < -0.4 is 4.90 Å². The Labute approximate surface area is 142 Å². The summed E-state index contributed by atoms with van der Waals surface area (Å²) in [6.45, 7) is 3.83. The largest absolute Gasteiger partial charge is 0.356 e. The molecule has 0 unspecified atom stereocenters. The van der Waals surface area contributed by atoms with Crippen LogP contribution in [0.25, 0.3) is 10.9 Å². The first kappa shape index (κ1) is 15.4. The molecule has 1 aromatic carbocycles. The molecule has 5 heteroatoms. The van der Waals surface area contributed by atoms with Crippen LogP contribution in [0, 0.1) is 0 Å². The molecule has 0 aliphatic carbocycles.